The fraction of sp³-hybridized carbons (Fsp3) is 0.700. The summed E-state index contributed by atoms with van der Waals surface area (Å²) in [6.07, 6.45) is 0.910. The summed E-state index contributed by atoms with van der Waals surface area (Å²) in [4.78, 5) is 13.8. The lowest BCUT2D eigenvalue weighted by molar-refractivity contribution is 0.0950. The van der Waals surface area contributed by atoms with Crippen molar-refractivity contribution in [2.75, 3.05) is 20.1 Å². The van der Waals surface area contributed by atoms with Gasteiger partial charge in [-0.3, -0.25) is 4.79 Å². The minimum atomic E-state index is -0.207. The van der Waals surface area contributed by atoms with E-state index in [0.717, 1.165) is 24.3 Å². The Kier molecular flexibility index (Phi) is 5.80. The highest BCUT2D eigenvalue weighted by molar-refractivity contribution is 7.17. The minimum absolute atomic E-state index is 0.207. The van der Waals surface area contributed by atoms with E-state index in [0.29, 0.717) is 17.6 Å². The van der Waals surface area contributed by atoms with Gasteiger partial charge < -0.3 is 10.2 Å². The molecule has 96 valence electrons. The normalized spacial score (nSPS) is 11.2. The monoisotopic (exact) mass is 276 g/mol. The highest BCUT2D eigenvalue weighted by Crippen LogP contribution is 2.14. The Morgan fingerprint density at radius 3 is 2.76 bits per heavy atom. The third-order valence-electron chi connectivity index (χ3n) is 2.45. The molecule has 5 nitrogen and oxygen atoms in total. The number of nitrogens with zero attached hydrogens (tertiary/aromatic N) is 3. The highest BCUT2D eigenvalue weighted by atomic mass is 35.5. The number of carbonyl (C=O) groups excluding carboxylic acids is 1. The maximum atomic E-state index is 11.6. The number of hydrogen-bond donors (Lipinski definition) is 1. The third-order valence-corrected chi connectivity index (χ3v) is 3.47. The SMILES string of the molecule is CC(C)N(C)CCCNC(=O)c1nnc(Cl)s1. The topological polar surface area (TPSA) is 58.1 Å². The van der Waals surface area contributed by atoms with Crippen molar-refractivity contribution < 1.29 is 4.79 Å². The van der Waals surface area contributed by atoms with Crippen molar-refractivity contribution in [1.29, 1.82) is 0 Å². The van der Waals surface area contributed by atoms with Gasteiger partial charge in [-0.1, -0.05) is 11.3 Å². The number of amides is 1. The van der Waals surface area contributed by atoms with Crippen molar-refractivity contribution in [1.82, 2.24) is 20.4 Å². The maximum Gasteiger partial charge on any atom is 0.282 e. The van der Waals surface area contributed by atoms with Gasteiger partial charge in [0.25, 0.3) is 5.91 Å². The summed E-state index contributed by atoms with van der Waals surface area (Å²) in [7, 11) is 2.07. The number of rotatable bonds is 6. The van der Waals surface area contributed by atoms with Gasteiger partial charge in [-0.15, -0.1) is 10.2 Å². The smallest absolute Gasteiger partial charge is 0.282 e. The molecule has 17 heavy (non-hydrogen) atoms. The first-order chi connectivity index (χ1) is 8.00. The van der Waals surface area contributed by atoms with Crippen molar-refractivity contribution >= 4 is 28.8 Å². The third kappa shape index (κ3) is 4.97. The van der Waals surface area contributed by atoms with Gasteiger partial charge in [-0.25, -0.2) is 0 Å². The summed E-state index contributed by atoms with van der Waals surface area (Å²) in [5, 5.41) is 10.4. The Morgan fingerprint density at radius 1 is 1.53 bits per heavy atom. The summed E-state index contributed by atoms with van der Waals surface area (Å²) >= 11 is 6.69. The van der Waals surface area contributed by atoms with Gasteiger partial charge in [0.2, 0.25) is 9.47 Å². The standard InChI is InChI=1S/C10H17ClN4OS/c1-7(2)15(3)6-4-5-12-8(16)9-13-14-10(11)17-9/h7H,4-6H2,1-3H3,(H,12,16). The Labute approximate surface area is 110 Å². The predicted molar refractivity (Wildman–Crippen MR) is 69.6 cm³/mol. The molecule has 0 saturated carbocycles. The Balaban J connectivity index is 2.21. The van der Waals surface area contributed by atoms with Crippen LogP contribution in [-0.2, 0) is 0 Å². The van der Waals surface area contributed by atoms with Gasteiger partial charge >= 0.3 is 0 Å². The molecule has 0 atom stereocenters. The molecule has 0 saturated heterocycles. The second-order valence-electron chi connectivity index (χ2n) is 4.04. The molecule has 7 heteroatoms. The largest absolute Gasteiger partial charge is 0.350 e. The van der Waals surface area contributed by atoms with Crippen LogP contribution in [0.5, 0.6) is 0 Å². The van der Waals surface area contributed by atoms with E-state index >= 15 is 0 Å². The van der Waals surface area contributed by atoms with Gasteiger partial charge in [0, 0.05) is 12.6 Å². The summed E-state index contributed by atoms with van der Waals surface area (Å²) in [5.41, 5.74) is 0. The van der Waals surface area contributed by atoms with Crippen LogP contribution in [0, 0.1) is 0 Å². The van der Waals surface area contributed by atoms with Crippen molar-refractivity contribution in [3.63, 3.8) is 0 Å². The molecule has 1 amide bonds. The molecule has 0 unspecified atom stereocenters. The lowest BCUT2D eigenvalue weighted by Gasteiger charge is -2.20. The molecular formula is C10H17ClN4OS. The number of hydrogen-bond acceptors (Lipinski definition) is 5. The number of halogens is 1. The first-order valence-electron chi connectivity index (χ1n) is 5.48. The molecule has 0 bridgehead atoms. The molecule has 1 heterocycles. The fourth-order valence-electron chi connectivity index (χ4n) is 1.16. The van der Waals surface area contributed by atoms with Crippen LogP contribution in [0.2, 0.25) is 4.47 Å². The number of aromatic nitrogens is 2. The average molecular weight is 277 g/mol. The van der Waals surface area contributed by atoms with Gasteiger partial charge in [0.1, 0.15) is 0 Å². The zero-order chi connectivity index (χ0) is 12.8. The first kappa shape index (κ1) is 14.3. The van der Waals surface area contributed by atoms with E-state index in [9.17, 15) is 4.79 Å². The molecule has 0 spiro atoms. The van der Waals surface area contributed by atoms with Crippen LogP contribution in [0.15, 0.2) is 0 Å². The molecule has 1 aromatic rings. The second kappa shape index (κ2) is 6.88. The van der Waals surface area contributed by atoms with Crippen LogP contribution >= 0.6 is 22.9 Å². The summed E-state index contributed by atoms with van der Waals surface area (Å²) < 4.78 is 0.287. The van der Waals surface area contributed by atoms with Gasteiger partial charge in [-0.2, -0.15) is 0 Å². The van der Waals surface area contributed by atoms with Crippen molar-refractivity contribution in [3.8, 4) is 0 Å². The van der Waals surface area contributed by atoms with Crippen LogP contribution in [0.3, 0.4) is 0 Å². The van der Waals surface area contributed by atoms with Gasteiger partial charge in [0.05, 0.1) is 0 Å². The van der Waals surface area contributed by atoms with Crippen molar-refractivity contribution in [3.05, 3.63) is 9.47 Å². The number of carbonyl (C=O) groups is 1. The van der Waals surface area contributed by atoms with Crippen molar-refractivity contribution in [2.45, 2.75) is 26.3 Å². The Morgan fingerprint density at radius 2 is 2.24 bits per heavy atom. The van der Waals surface area contributed by atoms with E-state index < -0.39 is 0 Å². The number of nitrogens with one attached hydrogen (secondary N) is 1. The minimum Gasteiger partial charge on any atom is -0.350 e. The summed E-state index contributed by atoms with van der Waals surface area (Å²) in [5.74, 6) is -0.207. The lowest BCUT2D eigenvalue weighted by atomic mass is 10.3. The lowest BCUT2D eigenvalue weighted by Crippen LogP contribution is -2.31. The van der Waals surface area contributed by atoms with Crippen LogP contribution < -0.4 is 5.32 Å². The quantitative estimate of drug-likeness (QED) is 0.803. The van der Waals surface area contributed by atoms with Crippen LogP contribution in [0.25, 0.3) is 0 Å². The molecule has 0 aliphatic heterocycles. The second-order valence-corrected chi connectivity index (χ2v) is 5.60. The molecule has 0 aliphatic carbocycles. The molecule has 0 radical (unpaired) electrons. The van der Waals surface area contributed by atoms with E-state index in [1.807, 2.05) is 0 Å². The maximum absolute atomic E-state index is 11.6. The molecule has 0 aromatic carbocycles. The van der Waals surface area contributed by atoms with E-state index in [-0.39, 0.29) is 10.4 Å². The van der Waals surface area contributed by atoms with E-state index in [1.54, 1.807) is 0 Å². The molecular weight excluding hydrogens is 260 g/mol. The highest BCUT2D eigenvalue weighted by Gasteiger charge is 2.11. The molecule has 1 aromatic heterocycles. The van der Waals surface area contributed by atoms with Gasteiger partial charge in [-0.05, 0) is 45.5 Å². The summed E-state index contributed by atoms with van der Waals surface area (Å²) in [6, 6.07) is 0.521. The van der Waals surface area contributed by atoms with Crippen LogP contribution in [0.1, 0.15) is 30.1 Å². The fourth-order valence-corrected chi connectivity index (χ4v) is 1.91. The average Bonchev–Trinajstić information content (AvgIpc) is 2.70. The summed E-state index contributed by atoms with van der Waals surface area (Å²) in [6.45, 7) is 5.87. The van der Waals surface area contributed by atoms with Crippen LogP contribution in [-0.4, -0.2) is 47.2 Å². The van der Waals surface area contributed by atoms with Crippen molar-refractivity contribution in [2.24, 2.45) is 0 Å². The molecule has 1 N–H and O–H groups in total. The predicted octanol–water partition coefficient (Wildman–Crippen LogP) is 1.65. The van der Waals surface area contributed by atoms with E-state index in [4.69, 9.17) is 11.6 Å². The van der Waals surface area contributed by atoms with Gasteiger partial charge in [0.15, 0.2) is 0 Å². The van der Waals surface area contributed by atoms with Crippen LogP contribution in [0.4, 0.5) is 0 Å². The zero-order valence-electron chi connectivity index (χ0n) is 10.2. The Bertz CT molecular complexity index is 369. The Hall–Kier alpha value is -0.720. The zero-order valence-corrected chi connectivity index (χ0v) is 11.8. The molecule has 1 rings (SSSR count). The molecule has 0 fully saturated rings. The molecule has 0 aliphatic rings. The van der Waals surface area contributed by atoms with E-state index in [1.165, 1.54) is 0 Å². The van der Waals surface area contributed by atoms with E-state index in [2.05, 4.69) is 41.3 Å². The first-order valence-corrected chi connectivity index (χ1v) is 6.67.